The maximum absolute atomic E-state index is 14.4. The minimum Gasteiger partial charge on any atom is -0.468 e. The second-order valence-corrected chi connectivity index (χ2v) is 11.7. The van der Waals surface area contributed by atoms with Crippen LogP contribution in [-0.2, 0) is 38.7 Å². The van der Waals surface area contributed by atoms with Gasteiger partial charge in [-0.2, -0.15) is 0 Å². The molecule has 0 radical (unpaired) electrons. The van der Waals surface area contributed by atoms with Gasteiger partial charge in [0.25, 0.3) is 0 Å². The highest BCUT2D eigenvalue weighted by atomic mass is 16.6. The monoisotopic (exact) mass is 544 g/mol. The van der Waals surface area contributed by atoms with E-state index in [2.05, 4.69) is 10.2 Å². The quantitative estimate of drug-likeness (QED) is 0.263. The number of ether oxygens (including phenoxy) is 4. The van der Waals surface area contributed by atoms with Crippen molar-refractivity contribution in [3.8, 4) is 0 Å². The van der Waals surface area contributed by atoms with Gasteiger partial charge in [-0.25, -0.2) is 4.79 Å². The fraction of sp³-hybridized carbons (Fsp3) is 0.452. The van der Waals surface area contributed by atoms with Crippen molar-refractivity contribution in [2.24, 2.45) is 11.3 Å². The average Bonchev–Trinajstić information content (AvgIpc) is 3.33. The van der Waals surface area contributed by atoms with Crippen molar-refractivity contribution in [1.82, 2.24) is 4.90 Å². The van der Waals surface area contributed by atoms with E-state index in [1.54, 1.807) is 6.08 Å². The molecular formula is C31H32N2O7. The van der Waals surface area contributed by atoms with Gasteiger partial charge in [0.1, 0.15) is 17.6 Å². The normalized spacial score (nSPS) is 38.7. The molecule has 9 heteroatoms. The lowest BCUT2D eigenvalue weighted by Gasteiger charge is -2.64. The Kier molecular flexibility index (Phi) is 5.32. The summed E-state index contributed by atoms with van der Waals surface area (Å²) in [5, 5.41) is 3.56. The minimum atomic E-state index is -1.47. The molecule has 3 saturated heterocycles. The van der Waals surface area contributed by atoms with Crippen LogP contribution in [0.25, 0.3) is 6.08 Å². The molecule has 9 nitrogen and oxygen atoms in total. The van der Waals surface area contributed by atoms with Crippen molar-refractivity contribution in [3.63, 3.8) is 0 Å². The van der Waals surface area contributed by atoms with E-state index in [1.807, 2.05) is 68.6 Å². The van der Waals surface area contributed by atoms with Crippen LogP contribution >= 0.6 is 0 Å². The molecule has 7 rings (SSSR count). The van der Waals surface area contributed by atoms with Crippen LogP contribution in [0.2, 0.25) is 0 Å². The Labute approximate surface area is 232 Å². The topological polar surface area (TPSA) is 107 Å². The van der Waals surface area contributed by atoms with Crippen molar-refractivity contribution >= 4 is 29.7 Å². The number of carbonyl (C=O) groups excluding carboxylic acids is 3. The highest BCUT2D eigenvalue weighted by molar-refractivity contribution is 5.92. The zero-order chi connectivity index (χ0) is 27.9. The molecule has 0 aromatic heterocycles. The Morgan fingerprint density at radius 1 is 1.15 bits per heavy atom. The van der Waals surface area contributed by atoms with Crippen LogP contribution in [0.3, 0.4) is 0 Å². The number of likely N-dealkylation sites (tertiary alicyclic amines) is 1. The minimum absolute atomic E-state index is 0.0607. The van der Waals surface area contributed by atoms with Gasteiger partial charge in [-0.3, -0.25) is 14.5 Å². The summed E-state index contributed by atoms with van der Waals surface area (Å²) in [5.41, 5.74) is -2.15. The molecule has 4 heterocycles. The fourth-order valence-corrected chi connectivity index (χ4v) is 8.58. The molecule has 1 spiro atoms. The Morgan fingerprint density at radius 2 is 1.88 bits per heavy atom. The van der Waals surface area contributed by atoms with Crippen LogP contribution in [0.1, 0.15) is 30.9 Å². The first-order valence-corrected chi connectivity index (χ1v) is 13.7. The van der Waals surface area contributed by atoms with Crippen molar-refractivity contribution in [2.45, 2.75) is 48.7 Å². The van der Waals surface area contributed by atoms with Crippen LogP contribution in [0.15, 0.2) is 60.7 Å². The zero-order valence-electron chi connectivity index (χ0n) is 22.7. The third-order valence-corrected chi connectivity index (χ3v) is 10.2. The number of rotatable bonds is 5. The second-order valence-electron chi connectivity index (χ2n) is 11.7. The SMILES string of the molecule is COC(=O)[C@]1(COC(=O)C=Cc2ccccc2)[C@@H]2C[C@H](N(C)C[C@@]23O[C@@H]3C)[C@@]23Nc4ccccc4[C@]21CC(=O)O3. The molecule has 1 N–H and O–H groups in total. The number of piperidine rings is 1. The lowest BCUT2D eigenvalue weighted by Crippen LogP contribution is -2.80. The number of fused-ring (bicyclic) bond motifs is 4. The maximum Gasteiger partial charge on any atom is 0.330 e. The number of likely N-dealkylation sites (N-methyl/N-ethyl adjacent to an activating group) is 1. The van der Waals surface area contributed by atoms with Gasteiger partial charge in [0.05, 0.1) is 31.1 Å². The predicted octanol–water partition coefficient (Wildman–Crippen LogP) is 2.90. The summed E-state index contributed by atoms with van der Waals surface area (Å²) in [4.78, 5) is 43.1. The van der Waals surface area contributed by atoms with E-state index in [4.69, 9.17) is 18.9 Å². The number of epoxide rings is 1. The van der Waals surface area contributed by atoms with Gasteiger partial charge >= 0.3 is 17.9 Å². The number of hydrogen-bond acceptors (Lipinski definition) is 9. The summed E-state index contributed by atoms with van der Waals surface area (Å²) < 4.78 is 24.2. The highest BCUT2D eigenvalue weighted by Crippen LogP contribution is 2.74. The summed E-state index contributed by atoms with van der Waals surface area (Å²) >= 11 is 0. The molecule has 0 amide bonds. The van der Waals surface area contributed by atoms with Gasteiger partial charge in [0, 0.05) is 24.2 Å². The molecule has 1 saturated carbocycles. The number of nitrogens with zero attached hydrogens (tertiary/aromatic N) is 1. The van der Waals surface area contributed by atoms with Crippen molar-refractivity contribution in [2.75, 3.05) is 32.6 Å². The number of benzene rings is 2. The maximum atomic E-state index is 14.4. The van der Waals surface area contributed by atoms with Crippen molar-refractivity contribution in [3.05, 3.63) is 71.8 Å². The van der Waals surface area contributed by atoms with E-state index in [-0.39, 0.29) is 25.2 Å². The van der Waals surface area contributed by atoms with E-state index < -0.39 is 46.0 Å². The number of para-hydroxylation sites is 1. The Hall–Kier alpha value is -3.69. The van der Waals surface area contributed by atoms with E-state index in [9.17, 15) is 14.4 Å². The van der Waals surface area contributed by atoms with E-state index in [1.165, 1.54) is 13.2 Å². The first-order valence-electron chi connectivity index (χ1n) is 13.7. The van der Waals surface area contributed by atoms with Crippen molar-refractivity contribution < 1.29 is 33.3 Å². The number of anilines is 1. The molecule has 1 aliphatic carbocycles. The molecule has 7 atom stereocenters. The Balaban J connectivity index is 1.41. The molecule has 4 aliphatic heterocycles. The molecule has 208 valence electrons. The number of esters is 3. The van der Waals surface area contributed by atoms with Gasteiger partial charge in [0.15, 0.2) is 0 Å². The molecule has 0 unspecified atom stereocenters. The summed E-state index contributed by atoms with van der Waals surface area (Å²) in [6.07, 6.45) is 3.34. The first kappa shape index (κ1) is 25.3. The van der Waals surface area contributed by atoms with Crippen LogP contribution < -0.4 is 5.32 Å². The molecule has 4 fully saturated rings. The Morgan fingerprint density at radius 3 is 2.60 bits per heavy atom. The number of methoxy groups -OCH3 is 1. The predicted molar refractivity (Wildman–Crippen MR) is 144 cm³/mol. The van der Waals surface area contributed by atoms with Gasteiger partial charge in [-0.05, 0) is 43.7 Å². The molecule has 40 heavy (non-hydrogen) atoms. The molecule has 5 aliphatic rings. The molecular weight excluding hydrogens is 512 g/mol. The molecule has 2 bridgehead atoms. The van der Waals surface area contributed by atoms with E-state index in [0.29, 0.717) is 13.0 Å². The summed E-state index contributed by atoms with van der Waals surface area (Å²) in [7, 11) is 3.35. The van der Waals surface area contributed by atoms with E-state index >= 15 is 0 Å². The number of nitrogens with one attached hydrogen (secondary N) is 1. The van der Waals surface area contributed by atoms with Gasteiger partial charge in [-0.15, -0.1) is 0 Å². The third kappa shape index (κ3) is 2.97. The van der Waals surface area contributed by atoms with Crippen LogP contribution in [0.5, 0.6) is 0 Å². The van der Waals surface area contributed by atoms with Gasteiger partial charge in [0.2, 0.25) is 5.72 Å². The van der Waals surface area contributed by atoms with Crippen molar-refractivity contribution in [1.29, 1.82) is 0 Å². The standard InChI is InChI=1S/C31H32N2O7/c1-19-29(39-19)17-33(2)24-15-23(29)28(27(36)37-3,18-38-25(34)14-13-20-9-5-4-6-10-20)30-16-26(35)40-31(24,30)32-22-12-8-7-11-21(22)30/h4-14,19,23-24,32H,15-18H2,1-3H3/t19-,23+,24+,28+,29+,30+,31+/m1/s1. The number of carbonyl (C=O) groups is 3. The van der Waals surface area contributed by atoms with Gasteiger partial charge < -0.3 is 24.3 Å². The second kappa shape index (κ2) is 8.41. The largest absolute Gasteiger partial charge is 0.468 e. The number of hydrogen-bond donors (Lipinski definition) is 1. The molecule has 2 aromatic carbocycles. The highest BCUT2D eigenvalue weighted by Gasteiger charge is 2.88. The van der Waals surface area contributed by atoms with Crippen LogP contribution in [0, 0.1) is 11.3 Å². The smallest absolute Gasteiger partial charge is 0.330 e. The summed E-state index contributed by atoms with van der Waals surface area (Å²) in [6, 6.07) is 16.8. The summed E-state index contributed by atoms with van der Waals surface area (Å²) in [5.74, 6) is -1.94. The Bertz CT molecular complexity index is 1440. The third-order valence-electron chi connectivity index (χ3n) is 10.2. The fourth-order valence-electron chi connectivity index (χ4n) is 8.58. The zero-order valence-corrected chi connectivity index (χ0v) is 22.7. The lowest BCUT2D eigenvalue weighted by atomic mass is 9.42. The lowest BCUT2D eigenvalue weighted by molar-refractivity contribution is -0.226. The average molecular weight is 545 g/mol. The van der Waals surface area contributed by atoms with Gasteiger partial charge in [-0.1, -0.05) is 48.5 Å². The first-order chi connectivity index (χ1) is 19.2. The van der Waals surface area contributed by atoms with Crippen LogP contribution in [-0.4, -0.2) is 73.6 Å². The van der Waals surface area contributed by atoms with Crippen LogP contribution in [0.4, 0.5) is 5.69 Å². The summed E-state index contributed by atoms with van der Waals surface area (Å²) in [6.45, 7) is 2.25. The molecule has 2 aromatic rings. The van der Waals surface area contributed by atoms with E-state index in [0.717, 1.165) is 16.8 Å².